The maximum Gasteiger partial charge on any atom is 0.325 e. The third-order valence-corrected chi connectivity index (χ3v) is 4.65. The molecule has 156 valence electrons. The van der Waals surface area contributed by atoms with E-state index in [1.54, 1.807) is 19.1 Å². The van der Waals surface area contributed by atoms with Crippen molar-refractivity contribution < 1.29 is 33.4 Å². The Morgan fingerprint density at radius 1 is 1.03 bits per heavy atom. The van der Waals surface area contributed by atoms with Crippen LogP contribution in [-0.2, 0) is 34.2 Å². The molecule has 0 bridgehead atoms. The zero-order valence-corrected chi connectivity index (χ0v) is 16.7. The summed E-state index contributed by atoms with van der Waals surface area (Å²) in [4.78, 5) is 62.7. The molecule has 1 heterocycles. The summed E-state index contributed by atoms with van der Waals surface area (Å²) in [6.45, 7) is 1.75. The minimum atomic E-state index is -1.33. The van der Waals surface area contributed by atoms with E-state index in [0.29, 0.717) is 5.56 Å². The van der Waals surface area contributed by atoms with E-state index in [1.807, 2.05) is 19.1 Å². The van der Waals surface area contributed by atoms with Gasteiger partial charge in [-0.3, -0.25) is 24.1 Å². The molecule has 1 aliphatic heterocycles. The fraction of sp³-hybridized carbons (Fsp3) is 0.421. The minimum absolute atomic E-state index is 0.524. The third kappa shape index (κ3) is 4.71. The molecule has 0 radical (unpaired) electrons. The van der Waals surface area contributed by atoms with Gasteiger partial charge >= 0.3 is 18.0 Å². The highest BCUT2D eigenvalue weighted by Crippen LogP contribution is 2.29. The van der Waals surface area contributed by atoms with Crippen molar-refractivity contribution >= 4 is 29.8 Å². The third-order valence-electron chi connectivity index (χ3n) is 4.65. The average molecular weight is 405 g/mol. The van der Waals surface area contributed by atoms with E-state index in [2.05, 4.69) is 14.8 Å². The highest BCUT2D eigenvalue weighted by molar-refractivity contribution is 6.09. The number of amides is 4. The zero-order valence-electron chi connectivity index (χ0n) is 16.7. The largest absolute Gasteiger partial charge is 0.468 e. The smallest absolute Gasteiger partial charge is 0.325 e. The first-order valence-electron chi connectivity index (χ1n) is 8.75. The monoisotopic (exact) mass is 405 g/mol. The standard InChI is InChI=1S/C19H23N3O7/c1-12-5-7-13(8-6-12)19(2)17(26)22(18(27)20-19)9-14(23)21(10-15(24)28-3)11-16(25)29-4/h5-8H,9-11H2,1-4H3,(H,20,27). The molecule has 0 saturated carbocycles. The Kier molecular flexibility index (Phi) is 6.57. The Morgan fingerprint density at radius 3 is 2.03 bits per heavy atom. The van der Waals surface area contributed by atoms with Gasteiger partial charge in [0.2, 0.25) is 5.91 Å². The number of nitrogens with zero attached hydrogens (tertiary/aromatic N) is 2. The van der Waals surface area contributed by atoms with Crippen LogP contribution in [-0.4, -0.2) is 73.4 Å². The number of methoxy groups -OCH3 is 2. The molecular weight excluding hydrogens is 382 g/mol. The number of ether oxygens (including phenoxy) is 2. The van der Waals surface area contributed by atoms with Gasteiger partial charge in [-0.1, -0.05) is 29.8 Å². The number of hydrogen-bond donors (Lipinski definition) is 1. The van der Waals surface area contributed by atoms with E-state index < -0.39 is 55.0 Å². The topological polar surface area (TPSA) is 122 Å². The zero-order chi connectivity index (χ0) is 21.8. The molecule has 0 spiro atoms. The second-order valence-corrected chi connectivity index (χ2v) is 6.71. The van der Waals surface area contributed by atoms with Gasteiger partial charge in [0, 0.05) is 0 Å². The number of carbonyl (C=O) groups is 5. The van der Waals surface area contributed by atoms with Gasteiger partial charge in [0.25, 0.3) is 5.91 Å². The molecule has 1 aromatic rings. The Hall–Kier alpha value is -3.43. The maximum absolute atomic E-state index is 12.9. The SMILES string of the molecule is COC(=O)CN(CC(=O)OC)C(=O)CN1C(=O)NC(C)(c2ccc(C)cc2)C1=O. The first-order valence-corrected chi connectivity index (χ1v) is 8.75. The lowest BCUT2D eigenvalue weighted by atomic mass is 9.91. The van der Waals surface area contributed by atoms with E-state index in [4.69, 9.17) is 0 Å². The normalized spacial score (nSPS) is 18.3. The number of hydrogen-bond acceptors (Lipinski definition) is 7. The number of carbonyl (C=O) groups excluding carboxylic acids is 5. The lowest BCUT2D eigenvalue weighted by Crippen LogP contribution is -2.47. The molecule has 1 N–H and O–H groups in total. The molecule has 1 atom stereocenters. The van der Waals surface area contributed by atoms with Crippen LogP contribution in [0.1, 0.15) is 18.1 Å². The molecule has 29 heavy (non-hydrogen) atoms. The number of esters is 2. The molecule has 1 aromatic carbocycles. The van der Waals surface area contributed by atoms with Crippen LogP contribution in [0.2, 0.25) is 0 Å². The summed E-state index contributed by atoms with van der Waals surface area (Å²) in [7, 11) is 2.27. The van der Waals surface area contributed by atoms with Gasteiger partial charge in [0.05, 0.1) is 14.2 Å². The van der Waals surface area contributed by atoms with Crippen LogP contribution >= 0.6 is 0 Å². The van der Waals surface area contributed by atoms with E-state index in [-0.39, 0.29) is 0 Å². The molecule has 10 heteroatoms. The molecule has 1 aliphatic rings. The Labute approximate surface area is 167 Å². The summed E-state index contributed by atoms with van der Waals surface area (Å²) in [5, 5.41) is 2.60. The van der Waals surface area contributed by atoms with Crippen LogP contribution in [0.25, 0.3) is 0 Å². The predicted molar refractivity (Wildman–Crippen MR) is 99.4 cm³/mol. The van der Waals surface area contributed by atoms with Crippen LogP contribution in [0.4, 0.5) is 4.79 Å². The summed E-state index contributed by atoms with van der Waals surface area (Å²) in [5.41, 5.74) is 0.223. The molecular formula is C19H23N3O7. The second-order valence-electron chi connectivity index (χ2n) is 6.71. The molecule has 0 aliphatic carbocycles. The van der Waals surface area contributed by atoms with Crippen molar-refractivity contribution in [2.24, 2.45) is 0 Å². The molecule has 4 amide bonds. The molecule has 10 nitrogen and oxygen atoms in total. The van der Waals surface area contributed by atoms with Gasteiger partial charge in [-0.2, -0.15) is 0 Å². The van der Waals surface area contributed by atoms with Crippen LogP contribution < -0.4 is 5.32 Å². The number of benzene rings is 1. The number of rotatable bonds is 7. The van der Waals surface area contributed by atoms with Crippen LogP contribution in [0.5, 0.6) is 0 Å². The van der Waals surface area contributed by atoms with Crippen molar-refractivity contribution in [2.75, 3.05) is 33.9 Å². The van der Waals surface area contributed by atoms with Gasteiger partial charge in [0.1, 0.15) is 25.2 Å². The predicted octanol–water partition coefficient (Wildman–Crippen LogP) is -0.0634. The van der Waals surface area contributed by atoms with E-state index in [9.17, 15) is 24.0 Å². The Bertz CT molecular complexity index is 819. The van der Waals surface area contributed by atoms with Gasteiger partial charge in [-0.15, -0.1) is 0 Å². The van der Waals surface area contributed by atoms with Crippen molar-refractivity contribution in [1.29, 1.82) is 0 Å². The summed E-state index contributed by atoms with van der Waals surface area (Å²) in [6, 6.07) is 6.31. The fourth-order valence-electron chi connectivity index (χ4n) is 2.83. The van der Waals surface area contributed by atoms with Gasteiger partial charge in [0.15, 0.2) is 0 Å². The van der Waals surface area contributed by atoms with E-state index in [1.165, 1.54) is 0 Å². The van der Waals surface area contributed by atoms with Crippen molar-refractivity contribution in [3.63, 3.8) is 0 Å². The number of aryl methyl sites for hydroxylation is 1. The summed E-state index contributed by atoms with van der Waals surface area (Å²) < 4.78 is 9.03. The lowest BCUT2D eigenvalue weighted by Gasteiger charge is -2.24. The molecule has 1 saturated heterocycles. The Balaban J connectivity index is 2.20. The number of urea groups is 1. The van der Waals surface area contributed by atoms with Crippen molar-refractivity contribution in [3.05, 3.63) is 35.4 Å². The van der Waals surface area contributed by atoms with Crippen LogP contribution in [0.15, 0.2) is 24.3 Å². The summed E-state index contributed by atoms with van der Waals surface area (Å²) in [5.74, 6) is -2.92. The second kappa shape index (κ2) is 8.72. The van der Waals surface area contributed by atoms with Crippen molar-refractivity contribution in [1.82, 2.24) is 15.1 Å². The number of imide groups is 1. The first kappa shape index (κ1) is 21.9. The van der Waals surface area contributed by atoms with Crippen LogP contribution in [0.3, 0.4) is 0 Å². The molecule has 0 aromatic heterocycles. The fourth-order valence-corrected chi connectivity index (χ4v) is 2.83. The van der Waals surface area contributed by atoms with E-state index in [0.717, 1.165) is 29.6 Å². The van der Waals surface area contributed by atoms with Gasteiger partial charge < -0.3 is 19.7 Å². The molecule has 1 fully saturated rings. The summed E-state index contributed by atoms with van der Waals surface area (Å²) >= 11 is 0. The van der Waals surface area contributed by atoms with Gasteiger partial charge in [-0.25, -0.2) is 4.79 Å². The summed E-state index contributed by atoms with van der Waals surface area (Å²) in [6.07, 6.45) is 0. The number of nitrogens with one attached hydrogen (secondary N) is 1. The molecule has 2 rings (SSSR count). The first-order chi connectivity index (χ1) is 13.6. The van der Waals surface area contributed by atoms with Crippen molar-refractivity contribution in [3.8, 4) is 0 Å². The maximum atomic E-state index is 12.9. The minimum Gasteiger partial charge on any atom is -0.468 e. The Morgan fingerprint density at radius 2 is 1.55 bits per heavy atom. The molecule has 1 unspecified atom stereocenters. The highest BCUT2D eigenvalue weighted by Gasteiger charge is 2.49. The van der Waals surface area contributed by atoms with E-state index >= 15 is 0 Å². The van der Waals surface area contributed by atoms with Crippen molar-refractivity contribution in [2.45, 2.75) is 19.4 Å². The highest BCUT2D eigenvalue weighted by atomic mass is 16.5. The quantitative estimate of drug-likeness (QED) is 0.498. The van der Waals surface area contributed by atoms with Crippen LogP contribution in [0, 0.1) is 6.92 Å². The lowest BCUT2D eigenvalue weighted by molar-refractivity contribution is -0.152. The van der Waals surface area contributed by atoms with Gasteiger partial charge in [-0.05, 0) is 19.4 Å². The average Bonchev–Trinajstić information content (AvgIpc) is 2.91.